The highest BCUT2D eigenvalue weighted by Crippen LogP contribution is 2.15. The van der Waals surface area contributed by atoms with Crippen LogP contribution in [0.3, 0.4) is 0 Å². The highest BCUT2D eigenvalue weighted by Gasteiger charge is 2.18. The molecule has 19 heavy (non-hydrogen) atoms. The summed E-state index contributed by atoms with van der Waals surface area (Å²) < 4.78 is 10.9. The molecule has 0 bridgehead atoms. The molecule has 4 heteroatoms. The van der Waals surface area contributed by atoms with Gasteiger partial charge >= 0.3 is 0 Å². The third kappa shape index (κ3) is 5.19. The van der Waals surface area contributed by atoms with Crippen molar-refractivity contribution in [3.8, 4) is 5.75 Å². The van der Waals surface area contributed by atoms with E-state index in [0.717, 1.165) is 31.6 Å². The van der Waals surface area contributed by atoms with Crippen molar-refractivity contribution < 1.29 is 9.47 Å². The first kappa shape index (κ1) is 16.0. The van der Waals surface area contributed by atoms with E-state index in [1.807, 2.05) is 19.1 Å². The van der Waals surface area contributed by atoms with Crippen molar-refractivity contribution in [2.24, 2.45) is 5.84 Å². The number of rotatable bonds is 9. The zero-order valence-electron chi connectivity index (χ0n) is 12.2. The predicted octanol–water partition coefficient (Wildman–Crippen LogP) is 2.27. The summed E-state index contributed by atoms with van der Waals surface area (Å²) in [6.45, 7) is 4.86. The van der Waals surface area contributed by atoms with Crippen molar-refractivity contribution in [1.29, 1.82) is 0 Å². The van der Waals surface area contributed by atoms with Gasteiger partial charge in [0.25, 0.3) is 0 Å². The second-order valence-corrected chi connectivity index (χ2v) is 4.56. The fourth-order valence-electron chi connectivity index (χ4n) is 2.22. The topological polar surface area (TPSA) is 56.5 Å². The number of hydrazine groups is 1. The summed E-state index contributed by atoms with van der Waals surface area (Å²) in [5, 5.41) is 0. The van der Waals surface area contributed by atoms with Crippen LogP contribution in [0.5, 0.6) is 5.75 Å². The van der Waals surface area contributed by atoms with E-state index in [2.05, 4.69) is 24.5 Å². The fraction of sp³-hybridized carbons (Fsp3) is 0.600. The third-order valence-corrected chi connectivity index (χ3v) is 3.35. The monoisotopic (exact) mass is 266 g/mol. The second kappa shape index (κ2) is 8.91. The molecule has 0 aliphatic carbocycles. The smallest absolute Gasteiger partial charge is 0.118 e. The van der Waals surface area contributed by atoms with Gasteiger partial charge in [0.1, 0.15) is 5.75 Å². The van der Waals surface area contributed by atoms with E-state index < -0.39 is 0 Å². The van der Waals surface area contributed by atoms with E-state index >= 15 is 0 Å². The fourth-order valence-corrected chi connectivity index (χ4v) is 2.22. The van der Waals surface area contributed by atoms with Crippen LogP contribution in [0.2, 0.25) is 0 Å². The number of aryl methyl sites for hydroxylation is 1. The van der Waals surface area contributed by atoms with Crippen LogP contribution >= 0.6 is 0 Å². The normalized spacial score (nSPS) is 14.1. The van der Waals surface area contributed by atoms with Crippen LogP contribution < -0.4 is 16.0 Å². The van der Waals surface area contributed by atoms with E-state index in [1.54, 1.807) is 7.11 Å². The zero-order valence-corrected chi connectivity index (χ0v) is 12.2. The summed E-state index contributed by atoms with van der Waals surface area (Å²) in [7, 11) is 1.68. The Kier molecular flexibility index (Phi) is 7.48. The molecule has 0 aliphatic heterocycles. The van der Waals surface area contributed by atoms with E-state index in [-0.39, 0.29) is 12.1 Å². The lowest BCUT2D eigenvalue weighted by Crippen LogP contribution is -2.45. The Morgan fingerprint density at radius 3 is 2.37 bits per heavy atom. The minimum atomic E-state index is 0.174. The van der Waals surface area contributed by atoms with Crippen LogP contribution in [0.4, 0.5) is 0 Å². The molecule has 1 aromatic carbocycles. The highest BCUT2D eigenvalue weighted by atomic mass is 16.5. The maximum atomic E-state index is 5.71. The zero-order chi connectivity index (χ0) is 14.1. The van der Waals surface area contributed by atoms with Gasteiger partial charge in [0.2, 0.25) is 0 Å². The van der Waals surface area contributed by atoms with Gasteiger partial charge in [0.05, 0.1) is 13.2 Å². The summed E-state index contributed by atoms with van der Waals surface area (Å²) in [6, 6.07) is 8.34. The second-order valence-electron chi connectivity index (χ2n) is 4.56. The Labute approximate surface area is 116 Å². The Morgan fingerprint density at radius 2 is 1.89 bits per heavy atom. The molecular weight excluding hydrogens is 240 g/mol. The van der Waals surface area contributed by atoms with E-state index in [4.69, 9.17) is 15.3 Å². The van der Waals surface area contributed by atoms with Crippen molar-refractivity contribution in [3.05, 3.63) is 29.8 Å². The molecule has 0 radical (unpaired) electrons. The van der Waals surface area contributed by atoms with Gasteiger partial charge < -0.3 is 9.47 Å². The minimum Gasteiger partial charge on any atom is -0.497 e. The van der Waals surface area contributed by atoms with Crippen LogP contribution in [-0.4, -0.2) is 25.9 Å². The van der Waals surface area contributed by atoms with Gasteiger partial charge in [-0.1, -0.05) is 19.1 Å². The molecule has 0 heterocycles. The molecule has 2 unspecified atom stereocenters. The number of nitrogens with one attached hydrogen (secondary N) is 1. The lowest BCUT2D eigenvalue weighted by molar-refractivity contribution is 0.0297. The average Bonchev–Trinajstić information content (AvgIpc) is 2.47. The molecule has 0 fully saturated rings. The number of hydrogen-bond donors (Lipinski definition) is 2. The first-order valence-corrected chi connectivity index (χ1v) is 6.95. The maximum absolute atomic E-state index is 5.71. The van der Waals surface area contributed by atoms with Crippen molar-refractivity contribution in [1.82, 2.24) is 5.43 Å². The minimum absolute atomic E-state index is 0.174. The summed E-state index contributed by atoms with van der Waals surface area (Å²) in [5.41, 5.74) is 4.17. The first-order chi connectivity index (χ1) is 9.24. The van der Waals surface area contributed by atoms with Gasteiger partial charge in [0.15, 0.2) is 0 Å². The van der Waals surface area contributed by atoms with Gasteiger partial charge in [-0.2, -0.15) is 0 Å². The van der Waals surface area contributed by atoms with Crippen molar-refractivity contribution in [2.75, 3.05) is 13.7 Å². The summed E-state index contributed by atoms with van der Waals surface area (Å²) >= 11 is 0. The number of nitrogens with two attached hydrogens (primary N) is 1. The Bertz CT molecular complexity index is 341. The lowest BCUT2D eigenvalue weighted by atomic mass is 10.00. The largest absolute Gasteiger partial charge is 0.497 e. The SMILES string of the molecule is CCOC(CC)C(CCc1ccc(OC)cc1)NN. The molecule has 4 nitrogen and oxygen atoms in total. The van der Waals surface area contributed by atoms with Gasteiger partial charge in [-0.25, -0.2) is 0 Å². The van der Waals surface area contributed by atoms with E-state index in [1.165, 1.54) is 5.56 Å². The molecule has 0 aliphatic rings. The van der Waals surface area contributed by atoms with Crippen LogP contribution in [0, 0.1) is 0 Å². The molecule has 2 atom stereocenters. The average molecular weight is 266 g/mol. The van der Waals surface area contributed by atoms with Gasteiger partial charge in [-0.3, -0.25) is 11.3 Å². The number of benzene rings is 1. The highest BCUT2D eigenvalue weighted by molar-refractivity contribution is 5.27. The molecule has 0 saturated carbocycles. The summed E-state index contributed by atoms with van der Waals surface area (Å²) in [6.07, 6.45) is 3.07. The molecule has 0 saturated heterocycles. The van der Waals surface area contributed by atoms with E-state index in [0.29, 0.717) is 0 Å². The predicted molar refractivity (Wildman–Crippen MR) is 78.1 cm³/mol. The molecule has 1 aromatic rings. The molecular formula is C15H26N2O2. The summed E-state index contributed by atoms with van der Waals surface area (Å²) in [5.74, 6) is 6.53. The van der Waals surface area contributed by atoms with Crippen LogP contribution in [-0.2, 0) is 11.2 Å². The Morgan fingerprint density at radius 1 is 1.21 bits per heavy atom. The third-order valence-electron chi connectivity index (χ3n) is 3.35. The maximum Gasteiger partial charge on any atom is 0.118 e. The quantitative estimate of drug-likeness (QED) is 0.532. The van der Waals surface area contributed by atoms with Gasteiger partial charge in [-0.05, 0) is 43.9 Å². The summed E-state index contributed by atoms with van der Waals surface area (Å²) in [4.78, 5) is 0. The molecule has 1 rings (SSSR count). The number of methoxy groups -OCH3 is 1. The molecule has 0 spiro atoms. The van der Waals surface area contributed by atoms with E-state index in [9.17, 15) is 0 Å². The Hall–Kier alpha value is -1.10. The standard InChI is InChI=1S/C15H26N2O2/c1-4-15(19-5-2)14(17-16)11-8-12-6-9-13(18-3)10-7-12/h6-7,9-10,14-15,17H,4-5,8,11,16H2,1-3H3. The lowest BCUT2D eigenvalue weighted by Gasteiger charge is -2.25. The first-order valence-electron chi connectivity index (χ1n) is 6.95. The van der Waals surface area contributed by atoms with Gasteiger partial charge in [0, 0.05) is 12.6 Å². The number of ether oxygens (including phenoxy) is 2. The number of hydrogen-bond acceptors (Lipinski definition) is 4. The van der Waals surface area contributed by atoms with Crippen molar-refractivity contribution in [2.45, 2.75) is 45.3 Å². The molecule has 108 valence electrons. The van der Waals surface area contributed by atoms with Crippen molar-refractivity contribution >= 4 is 0 Å². The molecule has 0 aromatic heterocycles. The van der Waals surface area contributed by atoms with Gasteiger partial charge in [-0.15, -0.1) is 0 Å². The van der Waals surface area contributed by atoms with Crippen LogP contribution in [0.1, 0.15) is 32.3 Å². The molecule has 0 amide bonds. The van der Waals surface area contributed by atoms with Crippen LogP contribution in [0.15, 0.2) is 24.3 Å². The van der Waals surface area contributed by atoms with Crippen molar-refractivity contribution in [3.63, 3.8) is 0 Å². The Balaban J connectivity index is 2.51. The van der Waals surface area contributed by atoms with Crippen LogP contribution in [0.25, 0.3) is 0 Å². The molecule has 3 N–H and O–H groups in total.